The fourth-order valence-corrected chi connectivity index (χ4v) is 11.7. The zero-order chi connectivity index (χ0) is 47.1. The number of likely N-dealkylation sites (N-methyl/N-ethyl adjacent to an activating group) is 1. The van der Waals surface area contributed by atoms with Crippen molar-refractivity contribution in [2.24, 2.45) is 0 Å². The first-order valence-electron chi connectivity index (χ1n) is 24.5. The molecule has 2 aliphatic heterocycles. The fourth-order valence-electron chi connectivity index (χ4n) is 11.7. The lowest BCUT2D eigenvalue weighted by atomic mass is 9.84. The van der Waals surface area contributed by atoms with Gasteiger partial charge in [-0.2, -0.15) is 0 Å². The van der Waals surface area contributed by atoms with Crippen LogP contribution in [-0.2, 0) is 6.42 Å². The van der Waals surface area contributed by atoms with Crippen molar-refractivity contribution in [3.05, 3.63) is 187 Å². The second-order valence-electron chi connectivity index (χ2n) is 20.0. The van der Waals surface area contributed by atoms with Crippen molar-refractivity contribution >= 4 is 76.8 Å². The van der Waals surface area contributed by atoms with Crippen LogP contribution in [0.1, 0.15) is 61.8 Å². The summed E-state index contributed by atoms with van der Waals surface area (Å²) in [6.07, 6.45) is 9.63. The van der Waals surface area contributed by atoms with E-state index in [0.29, 0.717) is 0 Å². The molecule has 0 saturated heterocycles. The van der Waals surface area contributed by atoms with Crippen LogP contribution < -0.4 is 9.64 Å². The summed E-state index contributed by atoms with van der Waals surface area (Å²) in [5.41, 5.74) is 16.8. The highest BCUT2D eigenvalue weighted by Crippen LogP contribution is 2.48. The van der Waals surface area contributed by atoms with Crippen molar-refractivity contribution in [2.75, 3.05) is 11.9 Å². The molecule has 0 bridgehead atoms. The van der Waals surface area contributed by atoms with Crippen molar-refractivity contribution in [1.82, 2.24) is 23.8 Å². The van der Waals surface area contributed by atoms with Crippen molar-refractivity contribution in [1.29, 1.82) is 0 Å². The lowest BCUT2D eigenvalue weighted by Gasteiger charge is -2.23. The lowest BCUT2D eigenvalue weighted by Crippen LogP contribution is -2.33. The molecule has 0 amide bonds. The van der Waals surface area contributed by atoms with Crippen LogP contribution >= 0.6 is 0 Å². The van der Waals surface area contributed by atoms with Gasteiger partial charge in [0.15, 0.2) is 5.58 Å². The summed E-state index contributed by atoms with van der Waals surface area (Å²) in [5, 5.41) is 7.94. The topological polar surface area (TPSA) is 64.0 Å². The Hall–Kier alpha value is -8.36. The molecule has 70 heavy (non-hydrogen) atoms. The Morgan fingerprint density at radius 1 is 0.600 bits per heavy atom. The van der Waals surface area contributed by atoms with E-state index in [9.17, 15) is 0 Å². The van der Waals surface area contributed by atoms with Gasteiger partial charge in [0, 0.05) is 81.6 Å². The molecule has 0 aliphatic carbocycles. The lowest BCUT2D eigenvalue weighted by molar-refractivity contribution is 0.369. The SMILES string of the molecule is Cc1ccc(-n2c3ccccc3c3ccc(Oc4ccc5c6ccccc6n6c(-c7c(C(C)C)cc(-c8cccc9c8oc8c%10c(ccc89)CC8N(C)C=CN%108)cc7C(C)C)cnc6c5c4)cc32)nc1. The fraction of sp³-hybridized carbons (Fsp3) is 0.161. The van der Waals surface area contributed by atoms with Gasteiger partial charge in [0.2, 0.25) is 0 Å². The minimum atomic E-state index is 0.219. The molecule has 0 spiro atoms. The highest BCUT2D eigenvalue weighted by Gasteiger charge is 2.36. The molecule has 8 nitrogen and oxygen atoms in total. The molecule has 0 fully saturated rings. The molecule has 7 aromatic carbocycles. The van der Waals surface area contributed by atoms with Gasteiger partial charge in [-0.05, 0) is 100 Å². The van der Waals surface area contributed by atoms with Crippen LogP contribution in [-0.4, -0.2) is 37.0 Å². The smallest absolute Gasteiger partial charge is 0.159 e. The molecular formula is C62H50N6O2. The molecule has 5 aromatic heterocycles. The van der Waals surface area contributed by atoms with Gasteiger partial charge in [0.05, 0.1) is 34.1 Å². The third kappa shape index (κ3) is 5.89. The highest BCUT2D eigenvalue weighted by molar-refractivity contribution is 6.15. The Balaban J connectivity index is 0.915. The first-order valence-corrected chi connectivity index (χ1v) is 24.5. The third-order valence-electron chi connectivity index (χ3n) is 15.1. The average Bonchev–Trinajstić information content (AvgIpc) is 4.21. The minimum absolute atomic E-state index is 0.219. The number of pyridine rings is 2. The minimum Gasteiger partial charge on any atom is -0.457 e. The van der Waals surface area contributed by atoms with E-state index >= 15 is 0 Å². The number of fused-ring (bicyclic) bond motifs is 16. The van der Waals surface area contributed by atoms with E-state index in [2.05, 4.69) is 219 Å². The standard InChI is InChI=1S/C62H50N6O2/c1-35(2)49-28-39(42-14-11-15-47-48-22-19-38-30-57-65(6)26-27-66(57)59(38)61(48)70-60(42)47)29-50(36(3)4)58(49)55-34-64-62-51-31-40(20-23-43(51)44-12-7-10-17-53(44)68(55)62)69-41-21-24-46-45-13-8-9-16-52(45)67(54(46)32-41)56-25-18-37(5)33-63-56/h7-29,31-36,57H,30H2,1-6H3. The maximum atomic E-state index is 7.06. The van der Waals surface area contributed by atoms with Crippen molar-refractivity contribution in [3.8, 4) is 39.7 Å². The number of rotatable bonds is 7. The second kappa shape index (κ2) is 15.1. The molecule has 14 rings (SSSR count). The van der Waals surface area contributed by atoms with Crippen LogP contribution in [0.25, 0.3) is 99.3 Å². The average molecular weight is 911 g/mol. The number of hydrogen-bond acceptors (Lipinski definition) is 6. The number of nitrogens with zero attached hydrogens (tertiary/aromatic N) is 6. The zero-order valence-corrected chi connectivity index (χ0v) is 40.0. The van der Waals surface area contributed by atoms with E-state index < -0.39 is 0 Å². The maximum absolute atomic E-state index is 7.06. The predicted molar refractivity (Wildman–Crippen MR) is 287 cm³/mol. The number of hydrogen-bond donors (Lipinski definition) is 0. The van der Waals surface area contributed by atoms with E-state index in [1.165, 1.54) is 33.3 Å². The van der Waals surface area contributed by atoms with Crippen LogP contribution in [0.15, 0.2) is 169 Å². The summed E-state index contributed by atoms with van der Waals surface area (Å²) in [6, 6.07) is 50.2. The Bertz CT molecular complexity index is 4160. The summed E-state index contributed by atoms with van der Waals surface area (Å²) in [4.78, 5) is 14.8. The molecule has 1 atom stereocenters. The summed E-state index contributed by atoms with van der Waals surface area (Å²) >= 11 is 0. The van der Waals surface area contributed by atoms with Gasteiger partial charge in [0.25, 0.3) is 0 Å². The number of anilines is 1. The zero-order valence-electron chi connectivity index (χ0n) is 40.0. The first-order chi connectivity index (χ1) is 34.2. The highest BCUT2D eigenvalue weighted by atomic mass is 16.5. The Morgan fingerprint density at radius 2 is 1.29 bits per heavy atom. The van der Waals surface area contributed by atoms with Gasteiger partial charge < -0.3 is 19.0 Å². The van der Waals surface area contributed by atoms with Crippen LogP contribution in [0.4, 0.5) is 5.69 Å². The van der Waals surface area contributed by atoms with Crippen molar-refractivity contribution in [2.45, 2.75) is 59.0 Å². The summed E-state index contributed by atoms with van der Waals surface area (Å²) in [5.74, 6) is 2.80. The van der Waals surface area contributed by atoms with Crippen LogP contribution in [0.2, 0.25) is 0 Å². The number of furan rings is 1. The van der Waals surface area contributed by atoms with Gasteiger partial charge in [-0.15, -0.1) is 0 Å². The van der Waals surface area contributed by atoms with Crippen molar-refractivity contribution in [3.63, 3.8) is 0 Å². The summed E-state index contributed by atoms with van der Waals surface area (Å²) < 4.78 is 18.5. The molecule has 2 aliphatic rings. The van der Waals surface area contributed by atoms with Crippen LogP contribution in [0.3, 0.4) is 0 Å². The van der Waals surface area contributed by atoms with Crippen molar-refractivity contribution < 1.29 is 9.15 Å². The normalized spacial score (nSPS) is 14.7. The number of ether oxygens (including phenoxy) is 1. The van der Waals surface area contributed by atoms with Gasteiger partial charge in [-0.3, -0.25) is 8.97 Å². The number of benzene rings is 7. The number of aromatic nitrogens is 4. The quantitative estimate of drug-likeness (QED) is 0.148. The van der Waals surface area contributed by atoms with Gasteiger partial charge in [0.1, 0.15) is 34.7 Å². The predicted octanol–water partition coefficient (Wildman–Crippen LogP) is 15.8. The number of para-hydroxylation sites is 3. The number of imidazole rings is 1. The van der Waals surface area contributed by atoms with Gasteiger partial charge in [-0.1, -0.05) is 113 Å². The molecule has 7 heterocycles. The third-order valence-corrected chi connectivity index (χ3v) is 15.1. The van der Waals surface area contributed by atoms with Crippen LogP contribution in [0.5, 0.6) is 11.5 Å². The monoisotopic (exact) mass is 910 g/mol. The molecule has 8 heteroatoms. The molecule has 0 N–H and O–H groups in total. The van der Waals surface area contributed by atoms with Crippen LogP contribution in [0, 0.1) is 6.92 Å². The largest absolute Gasteiger partial charge is 0.457 e. The molecular weight excluding hydrogens is 861 g/mol. The number of aryl methyl sites for hydroxylation is 1. The van der Waals surface area contributed by atoms with E-state index in [1.54, 1.807) is 0 Å². The molecule has 12 aromatic rings. The molecule has 340 valence electrons. The maximum Gasteiger partial charge on any atom is 0.159 e. The summed E-state index contributed by atoms with van der Waals surface area (Å²) in [6.45, 7) is 11.3. The van der Waals surface area contributed by atoms with Gasteiger partial charge >= 0.3 is 0 Å². The first kappa shape index (κ1) is 40.7. The van der Waals surface area contributed by atoms with E-state index in [0.717, 1.165) is 112 Å². The van der Waals surface area contributed by atoms with E-state index in [-0.39, 0.29) is 18.0 Å². The Labute approximate surface area is 405 Å². The molecule has 0 saturated carbocycles. The Morgan fingerprint density at radius 3 is 2.06 bits per heavy atom. The second-order valence-corrected chi connectivity index (χ2v) is 20.0. The summed E-state index contributed by atoms with van der Waals surface area (Å²) in [7, 11) is 2.15. The Kier molecular flexibility index (Phi) is 8.76. The van der Waals surface area contributed by atoms with E-state index in [1.807, 2.05) is 6.20 Å². The molecule has 0 radical (unpaired) electrons. The van der Waals surface area contributed by atoms with E-state index in [4.69, 9.17) is 19.1 Å². The van der Waals surface area contributed by atoms with Gasteiger partial charge in [-0.25, -0.2) is 9.97 Å². The molecule has 1 unspecified atom stereocenters.